The van der Waals surface area contributed by atoms with Crippen LogP contribution < -0.4 is 5.32 Å². The first-order chi connectivity index (χ1) is 10.0. The van der Waals surface area contributed by atoms with Gasteiger partial charge in [0.05, 0.1) is 6.54 Å². The minimum Gasteiger partial charge on any atom is -0.334 e. The highest BCUT2D eigenvalue weighted by Crippen LogP contribution is 2.21. The second kappa shape index (κ2) is 5.54. The largest absolute Gasteiger partial charge is 0.334 e. The van der Waals surface area contributed by atoms with Crippen molar-refractivity contribution in [2.45, 2.75) is 25.9 Å². The van der Waals surface area contributed by atoms with Gasteiger partial charge in [0.15, 0.2) is 5.82 Å². The van der Waals surface area contributed by atoms with E-state index in [2.05, 4.69) is 34.2 Å². The summed E-state index contributed by atoms with van der Waals surface area (Å²) in [5.41, 5.74) is 0.796. The van der Waals surface area contributed by atoms with Crippen LogP contribution >= 0.6 is 0 Å². The van der Waals surface area contributed by atoms with E-state index in [1.54, 1.807) is 12.1 Å². The van der Waals surface area contributed by atoms with Gasteiger partial charge in [-0.3, -0.25) is 4.90 Å². The van der Waals surface area contributed by atoms with Crippen LogP contribution in [-0.2, 0) is 6.54 Å². The lowest BCUT2D eigenvalue weighted by molar-refractivity contribution is 0.0791. The van der Waals surface area contributed by atoms with E-state index < -0.39 is 0 Å². The van der Waals surface area contributed by atoms with Crippen molar-refractivity contribution in [1.82, 2.24) is 20.4 Å². The first-order valence-corrected chi connectivity index (χ1v) is 7.09. The maximum Gasteiger partial charge on any atom is 0.257 e. The zero-order valence-electron chi connectivity index (χ0n) is 12.3. The molecule has 2 aromatic rings. The summed E-state index contributed by atoms with van der Waals surface area (Å²) in [6.07, 6.45) is 0. The van der Waals surface area contributed by atoms with Gasteiger partial charge in [0.25, 0.3) is 5.89 Å². The van der Waals surface area contributed by atoms with Crippen LogP contribution in [0.15, 0.2) is 28.8 Å². The third-order valence-corrected chi connectivity index (χ3v) is 3.86. The average molecular weight is 290 g/mol. The molecule has 0 saturated carbocycles. The molecule has 0 spiro atoms. The molecular weight excluding hydrogens is 271 g/mol. The van der Waals surface area contributed by atoms with Crippen LogP contribution in [0.2, 0.25) is 0 Å². The average Bonchev–Trinajstić information content (AvgIpc) is 2.90. The number of hydrogen-bond acceptors (Lipinski definition) is 5. The number of hydrogen-bond donors (Lipinski definition) is 1. The predicted molar refractivity (Wildman–Crippen MR) is 77.1 cm³/mol. The standard InChI is InChI=1S/C15H19FN4O/c1-15(2)10-17-7-8-20(15)9-13-18-14(21-19-13)11-3-5-12(16)6-4-11/h3-6,17H,7-10H2,1-2H3. The Balaban J connectivity index is 1.74. The van der Waals surface area contributed by atoms with Gasteiger partial charge < -0.3 is 9.84 Å². The summed E-state index contributed by atoms with van der Waals surface area (Å²) in [5, 5.41) is 7.42. The Hall–Kier alpha value is -1.79. The van der Waals surface area contributed by atoms with Crippen LogP contribution in [0.4, 0.5) is 4.39 Å². The summed E-state index contributed by atoms with van der Waals surface area (Å²) < 4.78 is 18.2. The van der Waals surface area contributed by atoms with Crippen molar-refractivity contribution >= 4 is 0 Å². The number of piperazine rings is 1. The molecule has 0 amide bonds. The molecule has 1 aliphatic heterocycles. The van der Waals surface area contributed by atoms with Gasteiger partial charge in [0.1, 0.15) is 5.82 Å². The van der Waals surface area contributed by atoms with E-state index in [1.807, 2.05) is 0 Å². The van der Waals surface area contributed by atoms with Crippen LogP contribution in [-0.4, -0.2) is 40.2 Å². The van der Waals surface area contributed by atoms with Crippen molar-refractivity contribution in [3.63, 3.8) is 0 Å². The van der Waals surface area contributed by atoms with E-state index in [9.17, 15) is 4.39 Å². The molecule has 0 aliphatic carbocycles. The number of benzene rings is 1. The highest BCUT2D eigenvalue weighted by molar-refractivity contribution is 5.52. The lowest BCUT2D eigenvalue weighted by atomic mass is 10.0. The molecular formula is C15H19FN4O. The van der Waals surface area contributed by atoms with Crippen LogP contribution in [0.3, 0.4) is 0 Å². The fourth-order valence-electron chi connectivity index (χ4n) is 2.51. The van der Waals surface area contributed by atoms with Gasteiger partial charge in [-0.15, -0.1) is 0 Å². The molecule has 1 aromatic carbocycles. The molecule has 0 radical (unpaired) electrons. The van der Waals surface area contributed by atoms with Crippen LogP contribution in [0.25, 0.3) is 11.5 Å². The van der Waals surface area contributed by atoms with E-state index in [0.717, 1.165) is 25.2 Å². The molecule has 1 saturated heterocycles. The van der Waals surface area contributed by atoms with Crippen LogP contribution in [0.5, 0.6) is 0 Å². The maximum atomic E-state index is 12.9. The Bertz CT molecular complexity index is 608. The number of nitrogens with zero attached hydrogens (tertiary/aromatic N) is 3. The van der Waals surface area contributed by atoms with Gasteiger partial charge in [0.2, 0.25) is 0 Å². The third-order valence-electron chi connectivity index (χ3n) is 3.86. The van der Waals surface area contributed by atoms with Crippen molar-refractivity contribution in [1.29, 1.82) is 0 Å². The number of nitrogens with one attached hydrogen (secondary N) is 1. The van der Waals surface area contributed by atoms with Crippen LogP contribution in [0, 0.1) is 5.82 Å². The fourth-order valence-corrected chi connectivity index (χ4v) is 2.51. The topological polar surface area (TPSA) is 54.2 Å². The van der Waals surface area contributed by atoms with E-state index in [-0.39, 0.29) is 11.4 Å². The summed E-state index contributed by atoms with van der Waals surface area (Å²) in [4.78, 5) is 6.74. The fraction of sp³-hybridized carbons (Fsp3) is 0.467. The van der Waals surface area contributed by atoms with Crippen LogP contribution in [0.1, 0.15) is 19.7 Å². The molecule has 2 heterocycles. The second-order valence-corrected chi connectivity index (χ2v) is 5.93. The quantitative estimate of drug-likeness (QED) is 0.937. The van der Waals surface area contributed by atoms with Gasteiger partial charge in [0, 0.05) is 30.7 Å². The minimum absolute atomic E-state index is 0.0644. The Kier molecular flexibility index (Phi) is 3.73. The van der Waals surface area contributed by atoms with E-state index in [0.29, 0.717) is 18.3 Å². The molecule has 0 atom stereocenters. The van der Waals surface area contributed by atoms with Crippen molar-refractivity contribution in [2.24, 2.45) is 0 Å². The molecule has 21 heavy (non-hydrogen) atoms. The highest BCUT2D eigenvalue weighted by Gasteiger charge is 2.30. The Morgan fingerprint density at radius 1 is 1.33 bits per heavy atom. The lowest BCUT2D eigenvalue weighted by Crippen LogP contribution is -2.57. The number of aromatic nitrogens is 2. The monoisotopic (exact) mass is 290 g/mol. The zero-order valence-corrected chi connectivity index (χ0v) is 12.3. The molecule has 6 heteroatoms. The number of rotatable bonds is 3. The van der Waals surface area contributed by atoms with E-state index in [1.165, 1.54) is 12.1 Å². The molecule has 1 fully saturated rings. The maximum absolute atomic E-state index is 12.9. The molecule has 0 bridgehead atoms. The van der Waals surface area contributed by atoms with Gasteiger partial charge in [-0.2, -0.15) is 4.98 Å². The minimum atomic E-state index is -0.277. The summed E-state index contributed by atoms with van der Waals surface area (Å²) in [6.45, 7) is 7.90. The van der Waals surface area contributed by atoms with E-state index in [4.69, 9.17) is 4.52 Å². The van der Waals surface area contributed by atoms with E-state index >= 15 is 0 Å². The summed E-state index contributed by atoms with van der Waals surface area (Å²) >= 11 is 0. The SMILES string of the molecule is CC1(C)CNCCN1Cc1noc(-c2ccc(F)cc2)n1. The Morgan fingerprint density at radius 2 is 2.10 bits per heavy atom. The first kappa shape index (κ1) is 14.2. The molecule has 1 aromatic heterocycles. The molecule has 1 N–H and O–H groups in total. The van der Waals surface area contributed by atoms with Gasteiger partial charge in [-0.25, -0.2) is 4.39 Å². The molecule has 3 rings (SSSR count). The Labute approximate surface area is 123 Å². The third kappa shape index (κ3) is 3.11. The van der Waals surface area contributed by atoms with Gasteiger partial charge >= 0.3 is 0 Å². The highest BCUT2D eigenvalue weighted by atomic mass is 19.1. The predicted octanol–water partition coefficient (Wildman–Crippen LogP) is 2.06. The van der Waals surface area contributed by atoms with Crippen molar-refractivity contribution in [3.05, 3.63) is 35.9 Å². The summed E-state index contributed by atoms with van der Waals surface area (Å²) in [5.74, 6) is 0.809. The molecule has 5 nitrogen and oxygen atoms in total. The summed E-state index contributed by atoms with van der Waals surface area (Å²) in [7, 11) is 0. The summed E-state index contributed by atoms with van der Waals surface area (Å²) in [6, 6.07) is 6.06. The molecule has 112 valence electrons. The smallest absolute Gasteiger partial charge is 0.257 e. The van der Waals surface area contributed by atoms with Gasteiger partial charge in [-0.1, -0.05) is 5.16 Å². The van der Waals surface area contributed by atoms with Crippen molar-refractivity contribution in [2.75, 3.05) is 19.6 Å². The normalized spacial score (nSPS) is 18.8. The van der Waals surface area contributed by atoms with Gasteiger partial charge in [-0.05, 0) is 38.1 Å². The first-order valence-electron chi connectivity index (χ1n) is 7.09. The number of halogens is 1. The zero-order chi connectivity index (χ0) is 14.9. The second-order valence-electron chi connectivity index (χ2n) is 5.93. The van der Waals surface area contributed by atoms with Crippen molar-refractivity contribution < 1.29 is 8.91 Å². The molecule has 1 aliphatic rings. The lowest BCUT2D eigenvalue weighted by Gasteiger charge is -2.42. The van der Waals surface area contributed by atoms with Crippen molar-refractivity contribution in [3.8, 4) is 11.5 Å². The Morgan fingerprint density at radius 3 is 2.81 bits per heavy atom. The molecule has 0 unspecified atom stereocenters.